The summed E-state index contributed by atoms with van der Waals surface area (Å²) in [4.78, 5) is 0. The number of hydrogen-bond acceptors (Lipinski definition) is 2. The summed E-state index contributed by atoms with van der Waals surface area (Å²) >= 11 is 0. The number of furan rings is 2. The molecule has 224 valence electrons. The van der Waals surface area contributed by atoms with Gasteiger partial charge in [-0.25, -0.2) is 0 Å². The van der Waals surface area contributed by atoms with Gasteiger partial charge in [-0.3, -0.25) is 0 Å². The molecule has 0 atom stereocenters. The molecule has 8 aromatic carbocycles. The van der Waals surface area contributed by atoms with Gasteiger partial charge in [0.1, 0.15) is 22.5 Å². The molecule has 0 aliphatic carbocycles. The van der Waals surface area contributed by atoms with Crippen molar-refractivity contribution in [2.75, 3.05) is 0 Å². The Morgan fingerprint density at radius 3 is 1.31 bits per heavy atom. The molecule has 0 spiro atoms. The van der Waals surface area contributed by atoms with Gasteiger partial charge >= 0.3 is 0 Å². The van der Waals surface area contributed by atoms with E-state index in [0.29, 0.717) is 0 Å². The predicted molar refractivity (Wildman–Crippen MR) is 200 cm³/mol. The normalized spacial score (nSPS) is 11.8. The first-order valence-electron chi connectivity index (χ1n) is 16.3. The van der Waals surface area contributed by atoms with Gasteiger partial charge in [0.15, 0.2) is 0 Å². The van der Waals surface area contributed by atoms with Gasteiger partial charge in [-0.1, -0.05) is 152 Å². The third-order valence-electron chi connectivity index (χ3n) is 9.68. The Morgan fingerprint density at radius 2 is 0.729 bits per heavy atom. The van der Waals surface area contributed by atoms with Crippen LogP contribution in [0.1, 0.15) is 0 Å². The molecule has 0 N–H and O–H groups in total. The van der Waals surface area contributed by atoms with Crippen LogP contribution in [-0.2, 0) is 0 Å². The standard InChI is InChI=1S/C46H28O2/c1-3-13-29(14-4-1)41-28-39-42(47-41)27-38-33-17-11-12-22-40(33)48-46(38)45(39)32-25-23-31(24-26-32)44-36-20-9-7-18-34(36)43(30-15-5-2-6-16-30)35-19-8-10-21-37(35)44/h1-28H. The fourth-order valence-electron chi connectivity index (χ4n) is 7.55. The molecule has 2 nitrogen and oxygen atoms in total. The molecule has 2 heterocycles. The first kappa shape index (κ1) is 26.8. The molecule has 0 aliphatic heterocycles. The van der Waals surface area contributed by atoms with E-state index in [1.165, 1.54) is 43.8 Å². The number of para-hydroxylation sites is 1. The molecule has 2 aromatic heterocycles. The highest BCUT2D eigenvalue weighted by Gasteiger charge is 2.21. The van der Waals surface area contributed by atoms with Crippen LogP contribution in [-0.4, -0.2) is 0 Å². The molecule has 0 saturated heterocycles. The summed E-state index contributed by atoms with van der Waals surface area (Å²) in [5.74, 6) is 0.844. The Balaban J connectivity index is 1.21. The van der Waals surface area contributed by atoms with Gasteiger partial charge in [0.2, 0.25) is 0 Å². The van der Waals surface area contributed by atoms with Crippen LogP contribution in [0.2, 0.25) is 0 Å². The Morgan fingerprint density at radius 1 is 0.271 bits per heavy atom. The Labute approximate surface area is 277 Å². The first-order chi connectivity index (χ1) is 23.8. The third kappa shape index (κ3) is 4.06. The minimum absolute atomic E-state index is 0.844. The van der Waals surface area contributed by atoms with Crippen molar-refractivity contribution in [3.63, 3.8) is 0 Å². The van der Waals surface area contributed by atoms with Gasteiger partial charge in [-0.15, -0.1) is 0 Å². The molecule has 48 heavy (non-hydrogen) atoms. The van der Waals surface area contributed by atoms with Crippen molar-refractivity contribution >= 4 is 54.5 Å². The summed E-state index contributed by atoms with van der Waals surface area (Å²) in [6.07, 6.45) is 0. The van der Waals surface area contributed by atoms with E-state index in [2.05, 4.69) is 140 Å². The molecule has 10 aromatic rings. The topological polar surface area (TPSA) is 26.3 Å². The highest BCUT2D eigenvalue weighted by atomic mass is 16.3. The maximum atomic E-state index is 6.60. The van der Waals surface area contributed by atoms with Crippen molar-refractivity contribution in [1.29, 1.82) is 0 Å². The molecule has 0 unspecified atom stereocenters. The highest BCUT2D eigenvalue weighted by molar-refractivity contribution is 6.22. The van der Waals surface area contributed by atoms with Crippen molar-refractivity contribution in [2.24, 2.45) is 0 Å². The predicted octanol–water partition coefficient (Wildman–Crippen LogP) is 13.3. The summed E-state index contributed by atoms with van der Waals surface area (Å²) in [6, 6.07) is 60.1. The van der Waals surface area contributed by atoms with Gasteiger partial charge in [0, 0.05) is 27.3 Å². The fraction of sp³-hybridized carbons (Fsp3) is 0. The molecular weight excluding hydrogens is 585 g/mol. The lowest BCUT2D eigenvalue weighted by Crippen LogP contribution is -1.91. The minimum atomic E-state index is 0.844. The lowest BCUT2D eigenvalue weighted by atomic mass is 9.85. The summed E-state index contributed by atoms with van der Waals surface area (Å²) < 4.78 is 13.1. The van der Waals surface area contributed by atoms with Gasteiger partial charge in [-0.05, 0) is 67.6 Å². The summed E-state index contributed by atoms with van der Waals surface area (Å²) in [6.45, 7) is 0. The zero-order chi connectivity index (χ0) is 31.6. The van der Waals surface area contributed by atoms with Crippen LogP contribution < -0.4 is 0 Å². The molecule has 0 amide bonds. The second-order valence-electron chi connectivity index (χ2n) is 12.4. The average Bonchev–Trinajstić information content (AvgIpc) is 3.75. The molecular formula is C46H28O2. The van der Waals surface area contributed by atoms with Crippen molar-refractivity contribution in [3.8, 4) is 44.7 Å². The Hall–Kier alpha value is -6.38. The van der Waals surface area contributed by atoms with E-state index in [0.717, 1.165) is 55.4 Å². The zero-order valence-corrected chi connectivity index (χ0v) is 26.0. The van der Waals surface area contributed by atoms with Crippen LogP contribution in [0.25, 0.3) is 99.2 Å². The van der Waals surface area contributed by atoms with Crippen LogP contribution in [0.15, 0.2) is 179 Å². The molecule has 0 bridgehead atoms. The Bertz CT molecular complexity index is 2750. The number of fused-ring (bicyclic) bond motifs is 6. The van der Waals surface area contributed by atoms with Crippen LogP contribution in [0, 0.1) is 0 Å². The monoisotopic (exact) mass is 612 g/mol. The van der Waals surface area contributed by atoms with Crippen molar-refractivity contribution < 1.29 is 8.83 Å². The van der Waals surface area contributed by atoms with Crippen molar-refractivity contribution in [3.05, 3.63) is 170 Å². The largest absolute Gasteiger partial charge is 0.456 e. The van der Waals surface area contributed by atoms with E-state index in [-0.39, 0.29) is 0 Å². The number of hydrogen-bond donors (Lipinski definition) is 0. The van der Waals surface area contributed by atoms with Gasteiger partial charge < -0.3 is 8.83 Å². The maximum Gasteiger partial charge on any atom is 0.144 e. The third-order valence-corrected chi connectivity index (χ3v) is 9.68. The van der Waals surface area contributed by atoms with E-state index in [4.69, 9.17) is 8.83 Å². The summed E-state index contributed by atoms with van der Waals surface area (Å²) in [7, 11) is 0. The molecule has 0 fully saturated rings. The van der Waals surface area contributed by atoms with Gasteiger partial charge in [0.25, 0.3) is 0 Å². The van der Waals surface area contributed by atoms with Crippen LogP contribution in [0.3, 0.4) is 0 Å². The first-order valence-corrected chi connectivity index (χ1v) is 16.3. The van der Waals surface area contributed by atoms with E-state index in [1.807, 2.05) is 30.3 Å². The SMILES string of the molecule is c1ccc(-c2cc3c(-c4ccc(-c5c6ccccc6c(-c6ccccc6)c6ccccc56)cc4)c4oc5ccccc5c4cc3o2)cc1. The van der Waals surface area contributed by atoms with Crippen molar-refractivity contribution in [2.45, 2.75) is 0 Å². The molecule has 2 heteroatoms. The summed E-state index contributed by atoms with van der Waals surface area (Å²) in [5.41, 5.74) is 10.7. The van der Waals surface area contributed by atoms with E-state index >= 15 is 0 Å². The number of benzene rings is 8. The van der Waals surface area contributed by atoms with Crippen molar-refractivity contribution in [1.82, 2.24) is 0 Å². The van der Waals surface area contributed by atoms with Crippen LogP contribution in [0.5, 0.6) is 0 Å². The second kappa shape index (κ2) is 10.6. The smallest absolute Gasteiger partial charge is 0.144 e. The molecule has 0 saturated carbocycles. The molecule has 10 rings (SSSR count). The van der Waals surface area contributed by atoms with Gasteiger partial charge in [0.05, 0.1) is 0 Å². The minimum Gasteiger partial charge on any atom is -0.456 e. The average molecular weight is 613 g/mol. The molecule has 0 radical (unpaired) electrons. The van der Waals surface area contributed by atoms with Crippen LogP contribution >= 0.6 is 0 Å². The van der Waals surface area contributed by atoms with Gasteiger partial charge in [-0.2, -0.15) is 0 Å². The number of rotatable bonds is 4. The van der Waals surface area contributed by atoms with E-state index in [9.17, 15) is 0 Å². The summed E-state index contributed by atoms with van der Waals surface area (Å²) in [5, 5.41) is 8.17. The zero-order valence-electron chi connectivity index (χ0n) is 26.0. The fourth-order valence-corrected chi connectivity index (χ4v) is 7.55. The lowest BCUT2D eigenvalue weighted by Gasteiger charge is -2.18. The lowest BCUT2D eigenvalue weighted by molar-refractivity contribution is 0.631. The highest BCUT2D eigenvalue weighted by Crippen LogP contribution is 2.46. The molecule has 0 aliphatic rings. The maximum absolute atomic E-state index is 6.60. The van der Waals surface area contributed by atoms with E-state index < -0.39 is 0 Å². The quantitative estimate of drug-likeness (QED) is 0.185. The van der Waals surface area contributed by atoms with E-state index in [1.54, 1.807) is 0 Å². The Kier molecular flexibility index (Phi) is 5.91. The second-order valence-corrected chi connectivity index (χ2v) is 12.4. The van der Waals surface area contributed by atoms with Crippen LogP contribution in [0.4, 0.5) is 0 Å².